The Labute approximate surface area is 228 Å². The molecule has 0 spiro atoms. The standard InChI is InChI=1S/C26H31N5O5S2/c1-2-35-25(34)22-17-10-6-12-19(17)38-24(22)28-21(32)15-37-26-30-29-20(31(26)16-8-4-3-5-9-16)14-27-23(33)18-11-7-13-36-18/h7,11,13,16H,2-6,8-10,12,14-15H2,1H3,(H,27,33)(H,28,32). The Balaban J connectivity index is 1.27. The van der Waals surface area contributed by atoms with E-state index in [4.69, 9.17) is 9.15 Å². The van der Waals surface area contributed by atoms with Gasteiger partial charge in [-0.25, -0.2) is 4.79 Å². The first-order valence-corrected chi connectivity index (χ1v) is 14.8. The maximum absolute atomic E-state index is 13.0. The lowest BCUT2D eigenvalue weighted by Gasteiger charge is -2.25. The van der Waals surface area contributed by atoms with E-state index in [1.165, 1.54) is 35.8 Å². The van der Waals surface area contributed by atoms with Crippen molar-refractivity contribution in [3.63, 3.8) is 0 Å². The lowest BCUT2D eigenvalue weighted by molar-refractivity contribution is -0.113. The van der Waals surface area contributed by atoms with Crippen LogP contribution in [0.4, 0.5) is 5.00 Å². The number of aromatic nitrogens is 3. The molecule has 0 atom stereocenters. The number of carbonyl (C=O) groups is 3. The van der Waals surface area contributed by atoms with Gasteiger partial charge >= 0.3 is 5.97 Å². The summed E-state index contributed by atoms with van der Waals surface area (Å²) in [6.45, 7) is 2.27. The summed E-state index contributed by atoms with van der Waals surface area (Å²) in [6, 6.07) is 3.49. The van der Waals surface area contributed by atoms with Crippen LogP contribution in [0.2, 0.25) is 0 Å². The summed E-state index contributed by atoms with van der Waals surface area (Å²) in [4.78, 5) is 39.1. The summed E-state index contributed by atoms with van der Waals surface area (Å²) in [5.41, 5.74) is 1.51. The fraction of sp³-hybridized carbons (Fsp3) is 0.500. The Bertz CT molecular complexity index is 1290. The summed E-state index contributed by atoms with van der Waals surface area (Å²) in [5, 5.41) is 15.7. The number of esters is 1. The predicted octanol–water partition coefficient (Wildman–Crippen LogP) is 4.76. The molecular weight excluding hydrogens is 526 g/mol. The molecule has 0 saturated heterocycles. The second kappa shape index (κ2) is 12.2. The van der Waals surface area contributed by atoms with Gasteiger partial charge in [0.25, 0.3) is 5.91 Å². The van der Waals surface area contributed by atoms with Crippen molar-refractivity contribution < 1.29 is 23.5 Å². The molecule has 2 aliphatic carbocycles. The fourth-order valence-corrected chi connectivity index (χ4v) is 7.21. The number of aryl methyl sites for hydroxylation is 1. The molecule has 0 bridgehead atoms. The first-order valence-electron chi connectivity index (χ1n) is 13.0. The maximum atomic E-state index is 13.0. The topological polar surface area (TPSA) is 128 Å². The van der Waals surface area contributed by atoms with Crippen molar-refractivity contribution in [1.29, 1.82) is 0 Å². The molecule has 2 amide bonds. The van der Waals surface area contributed by atoms with Gasteiger partial charge in [0.1, 0.15) is 5.00 Å². The van der Waals surface area contributed by atoms with Gasteiger partial charge in [-0.05, 0) is 56.7 Å². The number of nitrogens with zero attached hydrogens (tertiary/aromatic N) is 3. The van der Waals surface area contributed by atoms with Gasteiger partial charge < -0.3 is 24.4 Å². The Morgan fingerprint density at radius 3 is 2.79 bits per heavy atom. The lowest BCUT2D eigenvalue weighted by atomic mass is 9.95. The quantitative estimate of drug-likeness (QED) is 0.270. The van der Waals surface area contributed by atoms with Crippen LogP contribution in [0.3, 0.4) is 0 Å². The van der Waals surface area contributed by atoms with Crippen LogP contribution in [0.15, 0.2) is 28.0 Å². The molecule has 0 aromatic carbocycles. The molecule has 202 valence electrons. The SMILES string of the molecule is CCOC(=O)c1c(NC(=O)CSc2nnc(CNC(=O)c3ccco3)n2C2CCCCC2)sc2c1CCC2. The van der Waals surface area contributed by atoms with Crippen molar-refractivity contribution in [1.82, 2.24) is 20.1 Å². The van der Waals surface area contributed by atoms with Gasteiger partial charge in [0.15, 0.2) is 16.7 Å². The Morgan fingerprint density at radius 1 is 1.18 bits per heavy atom. The van der Waals surface area contributed by atoms with E-state index in [1.807, 2.05) is 0 Å². The third-order valence-corrected chi connectivity index (χ3v) is 8.96. The molecule has 1 fully saturated rings. The zero-order valence-corrected chi connectivity index (χ0v) is 22.9. The zero-order valence-electron chi connectivity index (χ0n) is 21.3. The molecule has 0 aliphatic heterocycles. The van der Waals surface area contributed by atoms with Crippen molar-refractivity contribution in [2.75, 3.05) is 17.7 Å². The van der Waals surface area contributed by atoms with Crippen molar-refractivity contribution in [3.05, 3.63) is 46.0 Å². The van der Waals surface area contributed by atoms with Crippen molar-refractivity contribution in [2.45, 2.75) is 76.0 Å². The minimum atomic E-state index is -0.381. The Morgan fingerprint density at radius 2 is 2.03 bits per heavy atom. The number of amides is 2. The summed E-state index contributed by atoms with van der Waals surface area (Å²) in [7, 11) is 0. The first kappa shape index (κ1) is 26.5. The highest BCUT2D eigenvalue weighted by molar-refractivity contribution is 7.99. The minimum Gasteiger partial charge on any atom is -0.462 e. The van der Waals surface area contributed by atoms with Crippen LogP contribution in [-0.2, 0) is 28.9 Å². The number of furan rings is 1. The van der Waals surface area contributed by atoms with Gasteiger partial charge in [0, 0.05) is 10.9 Å². The molecule has 38 heavy (non-hydrogen) atoms. The van der Waals surface area contributed by atoms with E-state index in [2.05, 4.69) is 25.4 Å². The van der Waals surface area contributed by atoms with Gasteiger partial charge in [-0.1, -0.05) is 31.0 Å². The average Bonchev–Trinajstić information content (AvgIpc) is 3.71. The van der Waals surface area contributed by atoms with Crippen LogP contribution in [-0.4, -0.2) is 44.9 Å². The number of hydrogen-bond acceptors (Lipinski definition) is 9. The second-order valence-corrected chi connectivity index (χ2v) is 11.4. The minimum absolute atomic E-state index is 0.119. The smallest absolute Gasteiger partial charge is 0.341 e. The number of hydrogen-bond donors (Lipinski definition) is 2. The molecule has 3 aromatic heterocycles. The van der Waals surface area contributed by atoms with Gasteiger partial charge in [-0.3, -0.25) is 9.59 Å². The monoisotopic (exact) mass is 557 g/mol. The molecule has 10 nitrogen and oxygen atoms in total. The van der Waals surface area contributed by atoms with Gasteiger partial charge in [0.2, 0.25) is 5.91 Å². The van der Waals surface area contributed by atoms with E-state index in [9.17, 15) is 14.4 Å². The molecule has 0 radical (unpaired) electrons. The largest absolute Gasteiger partial charge is 0.462 e. The number of anilines is 1. The normalized spacial score (nSPS) is 15.3. The number of thioether (sulfide) groups is 1. The highest BCUT2D eigenvalue weighted by Gasteiger charge is 2.29. The second-order valence-electron chi connectivity index (χ2n) is 9.34. The van der Waals surface area contributed by atoms with Crippen LogP contribution in [0, 0.1) is 0 Å². The highest BCUT2D eigenvalue weighted by atomic mass is 32.2. The first-order chi connectivity index (χ1) is 18.5. The molecule has 2 aliphatic rings. The van der Waals surface area contributed by atoms with Crippen LogP contribution in [0.5, 0.6) is 0 Å². The number of carbonyl (C=O) groups excluding carboxylic acids is 3. The van der Waals surface area contributed by atoms with Gasteiger partial charge in [-0.15, -0.1) is 21.5 Å². The zero-order chi connectivity index (χ0) is 26.5. The molecule has 2 N–H and O–H groups in total. The van der Waals surface area contributed by atoms with Crippen molar-refractivity contribution in [2.24, 2.45) is 0 Å². The van der Waals surface area contributed by atoms with Crippen LogP contribution < -0.4 is 10.6 Å². The van der Waals surface area contributed by atoms with Crippen molar-refractivity contribution >= 4 is 45.9 Å². The summed E-state index contributed by atoms with van der Waals surface area (Å²) < 4.78 is 12.5. The third kappa shape index (κ3) is 5.80. The molecule has 3 heterocycles. The number of nitrogens with one attached hydrogen (secondary N) is 2. The summed E-state index contributed by atoms with van der Waals surface area (Å²) in [6.07, 6.45) is 9.64. The number of thiophene rings is 1. The molecule has 3 aromatic rings. The fourth-order valence-electron chi connectivity index (χ4n) is 5.09. The Kier molecular flexibility index (Phi) is 8.48. The van der Waals surface area contributed by atoms with E-state index in [0.717, 1.165) is 55.4 Å². The lowest BCUT2D eigenvalue weighted by Crippen LogP contribution is -2.26. The number of rotatable bonds is 10. The van der Waals surface area contributed by atoms with Gasteiger partial charge in [-0.2, -0.15) is 0 Å². The van der Waals surface area contributed by atoms with E-state index in [-0.39, 0.29) is 48.5 Å². The van der Waals surface area contributed by atoms with Gasteiger partial charge in [0.05, 0.1) is 30.7 Å². The van der Waals surface area contributed by atoms with E-state index >= 15 is 0 Å². The Hall–Kier alpha value is -3.12. The van der Waals surface area contributed by atoms with E-state index < -0.39 is 0 Å². The van der Waals surface area contributed by atoms with E-state index in [1.54, 1.807) is 19.1 Å². The van der Waals surface area contributed by atoms with Crippen LogP contribution in [0.1, 0.15) is 88.7 Å². The van der Waals surface area contributed by atoms with Crippen LogP contribution >= 0.6 is 23.1 Å². The summed E-state index contributed by atoms with van der Waals surface area (Å²) in [5.74, 6) is 0.0938. The maximum Gasteiger partial charge on any atom is 0.341 e. The third-order valence-electron chi connectivity index (χ3n) is 6.81. The average molecular weight is 558 g/mol. The van der Waals surface area contributed by atoms with E-state index in [0.29, 0.717) is 21.5 Å². The molecule has 0 unspecified atom stereocenters. The predicted molar refractivity (Wildman–Crippen MR) is 144 cm³/mol. The number of ether oxygens (including phenoxy) is 1. The van der Waals surface area contributed by atoms with Crippen molar-refractivity contribution in [3.8, 4) is 0 Å². The molecule has 5 rings (SSSR count). The molecule has 1 saturated carbocycles. The highest BCUT2D eigenvalue weighted by Crippen LogP contribution is 2.40. The summed E-state index contributed by atoms with van der Waals surface area (Å²) >= 11 is 2.78. The molecule has 12 heteroatoms. The molecular formula is C26H31N5O5S2. The number of fused-ring (bicyclic) bond motifs is 1. The van der Waals surface area contributed by atoms with Crippen LogP contribution in [0.25, 0.3) is 0 Å².